The second-order valence-electron chi connectivity index (χ2n) is 4.13. The maximum Gasteiger partial charge on any atom is 0.0705 e. The van der Waals surface area contributed by atoms with E-state index in [4.69, 9.17) is 9.57 Å². The largest absolute Gasteiger partial charge is 0.383 e. The van der Waals surface area contributed by atoms with Crippen LogP contribution in [0.4, 0.5) is 0 Å². The molecule has 13 heavy (non-hydrogen) atoms. The van der Waals surface area contributed by atoms with Crippen LogP contribution in [0.1, 0.15) is 27.7 Å². The molecule has 0 aliphatic rings. The molecule has 0 bridgehead atoms. The first-order valence-electron chi connectivity index (χ1n) is 4.94. The molecule has 0 spiro atoms. The van der Waals surface area contributed by atoms with E-state index >= 15 is 0 Å². The van der Waals surface area contributed by atoms with Crippen LogP contribution in [0.3, 0.4) is 0 Å². The summed E-state index contributed by atoms with van der Waals surface area (Å²) in [4.78, 5) is 5.34. The molecule has 80 valence electrons. The van der Waals surface area contributed by atoms with Gasteiger partial charge in [-0.05, 0) is 11.8 Å². The predicted octanol–water partition coefficient (Wildman–Crippen LogP) is 1.83. The van der Waals surface area contributed by atoms with E-state index in [1.807, 2.05) is 0 Å². The molecule has 0 rings (SSSR count). The smallest absolute Gasteiger partial charge is 0.0705 e. The number of nitrogens with one attached hydrogen (secondary N) is 1. The minimum absolute atomic E-state index is 0.281. The van der Waals surface area contributed by atoms with Crippen molar-refractivity contribution in [2.45, 2.75) is 33.7 Å². The van der Waals surface area contributed by atoms with Crippen LogP contribution >= 0.6 is 0 Å². The summed E-state index contributed by atoms with van der Waals surface area (Å²) in [5, 5.41) is 0. The lowest BCUT2D eigenvalue weighted by atomic mass is 10.1. The molecule has 1 unspecified atom stereocenters. The van der Waals surface area contributed by atoms with Gasteiger partial charge in [-0.3, -0.25) is 0 Å². The van der Waals surface area contributed by atoms with Crippen molar-refractivity contribution < 1.29 is 9.57 Å². The SMILES string of the molecule is COCC(NOCC(C)C)C(C)C. The van der Waals surface area contributed by atoms with Gasteiger partial charge in [-0.2, -0.15) is 5.48 Å². The zero-order valence-corrected chi connectivity index (χ0v) is 9.46. The van der Waals surface area contributed by atoms with E-state index in [2.05, 4.69) is 33.2 Å². The Morgan fingerprint density at radius 1 is 1.08 bits per heavy atom. The van der Waals surface area contributed by atoms with E-state index in [-0.39, 0.29) is 6.04 Å². The van der Waals surface area contributed by atoms with Gasteiger partial charge in [0.05, 0.1) is 19.3 Å². The molecule has 0 radical (unpaired) electrons. The molecular weight excluding hydrogens is 166 g/mol. The van der Waals surface area contributed by atoms with Crippen LogP contribution in [0, 0.1) is 11.8 Å². The van der Waals surface area contributed by atoms with E-state index in [0.29, 0.717) is 18.4 Å². The zero-order valence-electron chi connectivity index (χ0n) is 9.46. The second kappa shape index (κ2) is 7.30. The Balaban J connectivity index is 3.57. The molecule has 0 heterocycles. The summed E-state index contributed by atoms with van der Waals surface area (Å²) in [6.45, 7) is 9.98. The minimum atomic E-state index is 0.281. The zero-order chi connectivity index (χ0) is 10.3. The minimum Gasteiger partial charge on any atom is -0.383 e. The van der Waals surface area contributed by atoms with Crippen LogP contribution in [0.15, 0.2) is 0 Å². The summed E-state index contributed by atoms with van der Waals surface area (Å²) in [5.41, 5.74) is 3.03. The van der Waals surface area contributed by atoms with Crippen LogP contribution < -0.4 is 5.48 Å². The fraction of sp³-hybridized carbons (Fsp3) is 1.00. The summed E-state index contributed by atoms with van der Waals surface area (Å²) in [7, 11) is 1.71. The van der Waals surface area contributed by atoms with Gasteiger partial charge in [-0.15, -0.1) is 0 Å². The third-order valence-corrected chi connectivity index (χ3v) is 1.80. The Kier molecular flexibility index (Phi) is 7.23. The molecule has 1 N–H and O–H groups in total. The molecule has 0 fully saturated rings. The Bertz CT molecular complexity index is 115. The highest BCUT2D eigenvalue weighted by Gasteiger charge is 2.12. The van der Waals surface area contributed by atoms with E-state index in [9.17, 15) is 0 Å². The van der Waals surface area contributed by atoms with Crippen molar-refractivity contribution in [3.05, 3.63) is 0 Å². The molecular formula is C10H23NO2. The van der Waals surface area contributed by atoms with E-state index < -0.39 is 0 Å². The average Bonchev–Trinajstić information content (AvgIpc) is 2.02. The fourth-order valence-corrected chi connectivity index (χ4v) is 0.864. The Morgan fingerprint density at radius 2 is 1.69 bits per heavy atom. The van der Waals surface area contributed by atoms with Crippen molar-refractivity contribution in [1.29, 1.82) is 0 Å². The number of rotatable bonds is 7. The first-order valence-corrected chi connectivity index (χ1v) is 4.94. The highest BCUT2D eigenvalue weighted by atomic mass is 16.6. The van der Waals surface area contributed by atoms with Gasteiger partial charge in [0.2, 0.25) is 0 Å². The van der Waals surface area contributed by atoms with Crippen molar-refractivity contribution in [3.8, 4) is 0 Å². The van der Waals surface area contributed by atoms with E-state index in [1.54, 1.807) is 7.11 Å². The first-order chi connectivity index (χ1) is 6.07. The van der Waals surface area contributed by atoms with Gasteiger partial charge >= 0.3 is 0 Å². The lowest BCUT2D eigenvalue weighted by Crippen LogP contribution is -2.38. The summed E-state index contributed by atoms with van der Waals surface area (Å²) in [6.07, 6.45) is 0. The van der Waals surface area contributed by atoms with Gasteiger partial charge < -0.3 is 9.57 Å². The third-order valence-electron chi connectivity index (χ3n) is 1.80. The normalized spacial score (nSPS) is 14.1. The quantitative estimate of drug-likeness (QED) is 0.620. The van der Waals surface area contributed by atoms with Crippen molar-refractivity contribution in [2.75, 3.05) is 20.3 Å². The standard InChI is InChI=1S/C10H23NO2/c1-8(2)6-13-11-10(7-12-5)9(3)4/h8-11H,6-7H2,1-5H3. The number of hydrogen-bond donors (Lipinski definition) is 1. The number of ether oxygens (including phenoxy) is 1. The van der Waals surface area contributed by atoms with E-state index in [0.717, 1.165) is 6.61 Å². The molecule has 0 saturated heterocycles. The lowest BCUT2D eigenvalue weighted by molar-refractivity contribution is -0.0281. The van der Waals surface area contributed by atoms with Gasteiger partial charge in [-0.25, -0.2) is 0 Å². The topological polar surface area (TPSA) is 30.5 Å². The molecule has 0 aromatic heterocycles. The fourth-order valence-electron chi connectivity index (χ4n) is 0.864. The van der Waals surface area contributed by atoms with Crippen molar-refractivity contribution in [2.24, 2.45) is 11.8 Å². The van der Waals surface area contributed by atoms with Crippen LogP contribution in [0.2, 0.25) is 0 Å². The predicted molar refractivity (Wildman–Crippen MR) is 54.4 cm³/mol. The van der Waals surface area contributed by atoms with Crippen molar-refractivity contribution >= 4 is 0 Å². The Morgan fingerprint density at radius 3 is 2.08 bits per heavy atom. The number of hydroxylamine groups is 1. The highest BCUT2D eigenvalue weighted by molar-refractivity contribution is 4.64. The molecule has 0 aromatic rings. The number of methoxy groups -OCH3 is 1. The molecule has 0 aromatic carbocycles. The molecule has 3 nitrogen and oxygen atoms in total. The third kappa shape index (κ3) is 6.99. The molecule has 0 aliphatic carbocycles. The van der Waals surface area contributed by atoms with Crippen LogP contribution in [-0.4, -0.2) is 26.4 Å². The maximum absolute atomic E-state index is 5.34. The van der Waals surface area contributed by atoms with Gasteiger partial charge in [-0.1, -0.05) is 27.7 Å². The van der Waals surface area contributed by atoms with Crippen LogP contribution in [0.5, 0.6) is 0 Å². The summed E-state index contributed by atoms with van der Waals surface area (Å²) >= 11 is 0. The van der Waals surface area contributed by atoms with Gasteiger partial charge in [0.15, 0.2) is 0 Å². The average molecular weight is 189 g/mol. The monoisotopic (exact) mass is 189 g/mol. The van der Waals surface area contributed by atoms with Gasteiger partial charge in [0, 0.05) is 7.11 Å². The van der Waals surface area contributed by atoms with Gasteiger partial charge in [0.1, 0.15) is 0 Å². The number of hydrogen-bond acceptors (Lipinski definition) is 3. The Hall–Kier alpha value is -0.120. The van der Waals surface area contributed by atoms with E-state index in [1.165, 1.54) is 0 Å². The first kappa shape index (κ1) is 12.9. The van der Waals surface area contributed by atoms with Gasteiger partial charge in [0.25, 0.3) is 0 Å². The molecule has 1 atom stereocenters. The maximum atomic E-state index is 5.34. The summed E-state index contributed by atoms with van der Waals surface area (Å²) in [6, 6.07) is 0.281. The Labute approximate surface area is 81.8 Å². The second-order valence-corrected chi connectivity index (χ2v) is 4.13. The highest BCUT2D eigenvalue weighted by Crippen LogP contribution is 2.02. The molecule has 0 amide bonds. The van der Waals surface area contributed by atoms with Crippen LogP contribution in [-0.2, 0) is 9.57 Å². The van der Waals surface area contributed by atoms with Crippen LogP contribution in [0.25, 0.3) is 0 Å². The molecule has 0 aliphatic heterocycles. The summed E-state index contributed by atoms with van der Waals surface area (Å²) in [5.74, 6) is 1.08. The van der Waals surface area contributed by atoms with Crippen molar-refractivity contribution in [3.63, 3.8) is 0 Å². The molecule has 3 heteroatoms. The molecule has 0 saturated carbocycles. The summed E-state index contributed by atoms with van der Waals surface area (Å²) < 4.78 is 5.08. The van der Waals surface area contributed by atoms with Crippen molar-refractivity contribution in [1.82, 2.24) is 5.48 Å². The lowest BCUT2D eigenvalue weighted by Gasteiger charge is -2.21.